The number of benzene rings is 1. The smallest absolute Gasteiger partial charge is 0.253 e. The van der Waals surface area contributed by atoms with Gasteiger partial charge < -0.3 is 25.2 Å². The normalized spacial score (nSPS) is 22.3. The van der Waals surface area contributed by atoms with Crippen LogP contribution in [0.4, 0.5) is 5.69 Å². The summed E-state index contributed by atoms with van der Waals surface area (Å²) in [5.74, 6) is -1.61. The molecule has 2 unspecified atom stereocenters. The van der Waals surface area contributed by atoms with Gasteiger partial charge in [-0.25, -0.2) is 0 Å². The molecule has 1 aliphatic rings. The summed E-state index contributed by atoms with van der Waals surface area (Å²) in [6, 6.07) is 8.89. The van der Waals surface area contributed by atoms with Crippen molar-refractivity contribution in [3.8, 4) is 0 Å². The quantitative estimate of drug-likeness (QED) is 0.713. The van der Waals surface area contributed by atoms with Crippen LogP contribution in [0.25, 0.3) is 0 Å². The molecule has 2 rings (SSSR count). The fourth-order valence-electron chi connectivity index (χ4n) is 2.62. The Hall–Kier alpha value is -1.96. The average molecular weight is 364 g/mol. The second kappa shape index (κ2) is 8.16. The van der Waals surface area contributed by atoms with Crippen LogP contribution in [0.2, 0.25) is 0 Å². The molecule has 0 radical (unpaired) electrons. The van der Waals surface area contributed by atoms with E-state index in [0.717, 1.165) is 0 Å². The van der Waals surface area contributed by atoms with E-state index in [-0.39, 0.29) is 18.9 Å². The highest BCUT2D eigenvalue weighted by Gasteiger charge is 2.45. The molecule has 1 aliphatic heterocycles. The predicted octanol–water partition coefficient (Wildman–Crippen LogP) is 1.67. The maximum atomic E-state index is 12.5. The van der Waals surface area contributed by atoms with E-state index in [0.29, 0.717) is 12.3 Å². The van der Waals surface area contributed by atoms with E-state index in [4.69, 9.17) is 9.47 Å². The number of hydrogen-bond acceptors (Lipinski definition) is 5. The molecule has 3 N–H and O–H groups in total. The number of carbonyl (C=O) groups excluding carboxylic acids is 2. The first-order valence-corrected chi connectivity index (χ1v) is 8.74. The Labute approximate surface area is 154 Å². The largest absolute Gasteiger partial charge is 0.383 e. The SMILES string of the molecule is CC1(C)OCC(C)(C)C(C(=O)NCCC(O)C(=O)Nc2ccccc2)O1. The van der Waals surface area contributed by atoms with Crippen molar-refractivity contribution in [1.29, 1.82) is 0 Å². The molecule has 0 spiro atoms. The average Bonchev–Trinajstić information content (AvgIpc) is 2.58. The first-order valence-electron chi connectivity index (χ1n) is 8.74. The van der Waals surface area contributed by atoms with Crippen molar-refractivity contribution in [1.82, 2.24) is 5.32 Å². The van der Waals surface area contributed by atoms with Crippen molar-refractivity contribution in [3.63, 3.8) is 0 Å². The van der Waals surface area contributed by atoms with Crippen molar-refractivity contribution in [2.24, 2.45) is 5.41 Å². The van der Waals surface area contributed by atoms with Crippen LogP contribution >= 0.6 is 0 Å². The van der Waals surface area contributed by atoms with Gasteiger partial charge >= 0.3 is 0 Å². The summed E-state index contributed by atoms with van der Waals surface area (Å²) < 4.78 is 11.4. The first kappa shape index (κ1) is 20.4. The van der Waals surface area contributed by atoms with Crippen LogP contribution in [0.5, 0.6) is 0 Å². The Morgan fingerprint density at radius 3 is 2.54 bits per heavy atom. The minimum absolute atomic E-state index is 0.109. The molecule has 1 heterocycles. The van der Waals surface area contributed by atoms with Crippen LogP contribution in [0.1, 0.15) is 34.1 Å². The number of nitrogens with one attached hydrogen (secondary N) is 2. The Balaban J connectivity index is 1.80. The molecule has 2 atom stereocenters. The molecule has 2 amide bonds. The standard InChI is InChI=1S/C19H28N2O5/c1-18(2)12-25-19(3,4)26-15(18)17(24)20-11-10-14(22)16(23)21-13-8-6-5-7-9-13/h5-9,14-15,22H,10-12H2,1-4H3,(H,20,24)(H,21,23). The van der Waals surface area contributed by atoms with Crippen LogP contribution < -0.4 is 10.6 Å². The fourth-order valence-corrected chi connectivity index (χ4v) is 2.62. The highest BCUT2D eigenvalue weighted by atomic mass is 16.7. The second-order valence-corrected chi connectivity index (χ2v) is 7.63. The summed E-state index contributed by atoms with van der Waals surface area (Å²) in [4.78, 5) is 24.4. The van der Waals surface area contributed by atoms with Gasteiger partial charge in [0, 0.05) is 17.6 Å². The number of anilines is 1. The molecule has 26 heavy (non-hydrogen) atoms. The maximum Gasteiger partial charge on any atom is 0.253 e. The van der Waals surface area contributed by atoms with Crippen LogP contribution in [0, 0.1) is 5.41 Å². The number of aliphatic hydroxyl groups is 1. The third-order valence-corrected chi connectivity index (χ3v) is 4.20. The number of carbonyl (C=O) groups is 2. The summed E-state index contributed by atoms with van der Waals surface area (Å²) in [6.45, 7) is 7.89. The zero-order chi connectivity index (χ0) is 19.4. The Bertz CT molecular complexity index is 630. The third-order valence-electron chi connectivity index (χ3n) is 4.20. The zero-order valence-electron chi connectivity index (χ0n) is 15.7. The number of rotatable bonds is 6. The van der Waals surface area contributed by atoms with Crippen LogP contribution in [-0.4, -0.2) is 48.1 Å². The van der Waals surface area contributed by atoms with Crippen LogP contribution in [0.15, 0.2) is 30.3 Å². The van der Waals surface area contributed by atoms with Crippen molar-refractivity contribution < 1.29 is 24.2 Å². The van der Waals surface area contributed by atoms with Gasteiger partial charge in [-0.15, -0.1) is 0 Å². The highest BCUT2D eigenvalue weighted by molar-refractivity contribution is 5.93. The molecule has 0 aromatic heterocycles. The fraction of sp³-hybridized carbons (Fsp3) is 0.579. The molecular formula is C19H28N2O5. The lowest BCUT2D eigenvalue weighted by atomic mass is 9.85. The Kier molecular flexibility index (Phi) is 6.39. The Morgan fingerprint density at radius 1 is 1.23 bits per heavy atom. The summed E-state index contributed by atoms with van der Waals surface area (Å²) in [7, 11) is 0. The highest BCUT2D eigenvalue weighted by Crippen LogP contribution is 2.34. The van der Waals surface area contributed by atoms with Gasteiger partial charge in [0.15, 0.2) is 5.79 Å². The molecular weight excluding hydrogens is 336 g/mol. The number of para-hydroxylation sites is 1. The topological polar surface area (TPSA) is 96.9 Å². The van der Waals surface area contributed by atoms with Gasteiger partial charge in [0.1, 0.15) is 12.2 Å². The van der Waals surface area contributed by atoms with E-state index in [1.54, 1.807) is 38.1 Å². The summed E-state index contributed by atoms with van der Waals surface area (Å²) in [5, 5.41) is 15.3. The van der Waals surface area contributed by atoms with Gasteiger partial charge in [-0.3, -0.25) is 9.59 Å². The molecule has 144 valence electrons. The van der Waals surface area contributed by atoms with E-state index in [9.17, 15) is 14.7 Å². The molecule has 0 bridgehead atoms. The molecule has 7 heteroatoms. The lowest BCUT2D eigenvalue weighted by Crippen LogP contribution is -2.56. The van der Waals surface area contributed by atoms with Gasteiger partial charge in [0.05, 0.1) is 6.61 Å². The van der Waals surface area contributed by atoms with Crippen molar-refractivity contribution >= 4 is 17.5 Å². The molecule has 1 aromatic carbocycles. The van der Waals surface area contributed by atoms with Gasteiger partial charge in [-0.1, -0.05) is 32.0 Å². The first-order chi connectivity index (χ1) is 12.1. The number of aliphatic hydroxyl groups excluding tert-OH is 1. The van der Waals surface area contributed by atoms with Crippen LogP contribution in [-0.2, 0) is 19.1 Å². The van der Waals surface area contributed by atoms with Gasteiger partial charge in [-0.05, 0) is 32.4 Å². The number of hydrogen-bond donors (Lipinski definition) is 3. The predicted molar refractivity (Wildman–Crippen MR) is 97.4 cm³/mol. The lowest BCUT2D eigenvalue weighted by Gasteiger charge is -2.44. The summed E-state index contributed by atoms with van der Waals surface area (Å²) >= 11 is 0. The molecule has 1 fully saturated rings. The minimum Gasteiger partial charge on any atom is -0.383 e. The Morgan fingerprint density at radius 2 is 1.88 bits per heavy atom. The van der Waals surface area contributed by atoms with Gasteiger partial charge in [0.2, 0.25) is 5.91 Å². The molecule has 7 nitrogen and oxygen atoms in total. The monoisotopic (exact) mass is 364 g/mol. The minimum atomic E-state index is -1.21. The van der Waals surface area contributed by atoms with E-state index in [1.807, 2.05) is 19.9 Å². The van der Waals surface area contributed by atoms with Gasteiger partial charge in [-0.2, -0.15) is 0 Å². The van der Waals surface area contributed by atoms with E-state index < -0.39 is 29.3 Å². The molecule has 0 aliphatic carbocycles. The summed E-state index contributed by atoms with van der Waals surface area (Å²) in [6.07, 6.45) is -1.77. The zero-order valence-corrected chi connectivity index (χ0v) is 15.7. The van der Waals surface area contributed by atoms with Crippen molar-refractivity contribution in [3.05, 3.63) is 30.3 Å². The van der Waals surface area contributed by atoms with Crippen molar-refractivity contribution in [2.45, 2.75) is 52.1 Å². The van der Waals surface area contributed by atoms with Crippen LogP contribution in [0.3, 0.4) is 0 Å². The van der Waals surface area contributed by atoms with E-state index in [2.05, 4.69) is 10.6 Å². The second-order valence-electron chi connectivity index (χ2n) is 7.63. The molecule has 1 aromatic rings. The lowest BCUT2D eigenvalue weighted by molar-refractivity contribution is -0.304. The molecule has 0 saturated carbocycles. The summed E-state index contributed by atoms with van der Waals surface area (Å²) in [5.41, 5.74) is 0.142. The van der Waals surface area contributed by atoms with Gasteiger partial charge in [0.25, 0.3) is 5.91 Å². The van der Waals surface area contributed by atoms with E-state index in [1.165, 1.54) is 0 Å². The molecule has 1 saturated heterocycles. The van der Waals surface area contributed by atoms with E-state index >= 15 is 0 Å². The van der Waals surface area contributed by atoms with Crippen molar-refractivity contribution in [2.75, 3.05) is 18.5 Å². The number of amides is 2. The number of ether oxygens (including phenoxy) is 2. The maximum absolute atomic E-state index is 12.5. The third kappa shape index (κ3) is 5.52.